The molecule has 3 nitrogen and oxygen atoms in total. The lowest BCUT2D eigenvalue weighted by molar-refractivity contribution is -0.121. The maximum absolute atomic E-state index is 12.0. The van der Waals surface area contributed by atoms with Crippen LogP contribution >= 0.6 is 11.6 Å². The maximum atomic E-state index is 12.0. The second-order valence-electron chi connectivity index (χ2n) is 7.14. The molecule has 1 atom stereocenters. The van der Waals surface area contributed by atoms with E-state index >= 15 is 0 Å². The normalized spacial score (nSPS) is 17.3. The molecule has 1 aliphatic rings. The van der Waals surface area contributed by atoms with Gasteiger partial charge in [0.05, 0.1) is 0 Å². The Balaban J connectivity index is 1.30. The molecule has 26 heavy (non-hydrogen) atoms. The van der Waals surface area contributed by atoms with E-state index in [1.807, 2.05) is 24.3 Å². The maximum Gasteiger partial charge on any atom is 0.220 e. The van der Waals surface area contributed by atoms with E-state index in [0.717, 1.165) is 49.6 Å². The van der Waals surface area contributed by atoms with Gasteiger partial charge >= 0.3 is 0 Å². The molecule has 1 heterocycles. The van der Waals surface area contributed by atoms with Gasteiger partial charge < -0.3 is 5.32 Å². The molecule has 1 N–H and O–H groups in total. The second kappa shape index (κ2) is 9.75. The lowest BCUT2D eigenvalue weighted by atomic mass is 10.1. The third-order valence-corrected chi connectivity index (χ3v) is 5.26. The third kappa shape index (κ3) is 6.15. The molecule has 1 fully saturated rings. The number of carbonyl (C=O) groups excluding carboxylic acids is 1. The van der Waals surface area contributed by atoms with E-state index in [2.05, 4.69) is 40.5 Å². The van der Waals surface area contributed by atoms with Gasteiger partial charge in [0.25, 0.3) is 0 Å². The molecule has 0 radical (unpaired) electrons. The van der Waals surface area contributed by atoms with Crippen molar-refractivity contribution in [2.24, 2.45) is 5.92 Å². The summed E-state index contributed by atoms with van der Waals surface area (Å²) in [7, 11) is 0. The molecular formula is C22H27ClN2O. The molecule has 2 aromatic rings. The first-order valence-corrected chi connectivity index (χ1v) is 9.84. The van der Waals surface area contributed by atoms with Crippen molar-refractivity contribution < 1.29 is 4.79 Å². The van der Waals surface area contributed by atoms with Crippen molar-refractivity contribution in [2.75, 3.05) is 19.6 Å². The third-order valence-electron chi connectivity index (χ3n) is 5.02. The topological polar surface area (TPSA) is 32.3 Å². The first-order valence-electron chi connectivity index (χ1n) is 9.46. The van der Waals surface area contributed by atoms with Crippen LogP contribution in [0.5, 0.6) is 0 Å². The molecule has 1 amide bonds. The minimum atomic E-state index is 0.129. The van der Waals surface area contributed by atoms with Gasteiger partial charge in [-0.2, -0.15) is 0 Å². The Morgan fingerprint density at radius 1 is 1.12 bits per heavy atom. The number of amides is 1. The van der Waals surface area contributed by atoms with Crippen LogP contribution in [0.3, 0.4) is 0 Å². The van der Waals surface area contributed by atoms with Gasteiger partial charge in [-0.1, -0.05) is 54.1 Å². The van der Waals surface area contributed by atoms with Gasteiger partial charge in [0.1, 0.15) is 0 Å². The van der Waals surface area contributed by atoms with Crippen LogP contribution in [0.15, 0.2) is 54.6 Å². The zero-order valence-corrected chi connectivity index (χ0v) is 15.9. The van der Waals surface area contributed by atoms with Crippen molar-refractivity contribution in [1.29, 1.82) is 0 Å². The fourth-order valence-electron chi connectivity index (χ4n) is 3.59. The Kier molecular flexibility index (Phi) is 7.10. The highest BCUT2D eigenvalue weighted by molar-refractivity contribution is 6.30. The number of benzene rings is 2. The molecule has 0 unspecified atom stereocenters. The largest absolute Gasteiger partial charge is 0.356 e. The molecule has 138 valence electrons. The SMILES string of the molecule is O=C(CCc1cccc(Cl)c1)NCC[C@H]1CCN(Cc2ccccc2)C1. The number of nitrogens with zero attached hydrogens (tertiary/aromatic N) is 1. The van der Waals surface area contributed by atoms with Gasteiger partial charge in [-0.3, -0.25) is 9.69 Å². The number of hydrogen-bond donors (Lipinski definition) is 1. The van der Waals surface area contributed by atoms with Gasteiger partial charge in [0.15, 0.2) is 0 Å². The average molecular weight is 371 g/mol. The first kappa shape index (κ1) is 18.9. The zero-order chi connectivity index (χ0) is 18.2. The van der Waals surface area contributed by atoms with Gasteiger partial charge in [-0.05, 0) is 55.0 Å². The minimum Gasteiger partial charge on any atom is -0.356 e. The van der Waals surface area contributed by atoms with Crippen LogP contribution in [-0.2, 0) is 17.8 Å². The smallest absolute Gasteiger partial charge is 0.220 e. The summed E-state index contributed by atoms with van der Waals surface area (Å²) in [4.78, 5) is 14.5. The summed E-state index contributed by atoms with van der Waals surface area (Å²) in [6, 6.07) is 18.4. The quantitative estimate of drug-likeness (QED) is 0.751. The Morgan fingerprint density at radius 2 is 1.92 bits per heavy atom. The van der Waals surface area contributed by atoms with Crippen LogP contribution in [0.25, 0.3) is 0 Å². The number of rotatable bonds is 8. The van der Waals surface area contributed by atoms with Crippen molar-refractivity contribution in [2.45, 2.75) is 32.2 Å². The highest BCUT2D eigenvalue weighted by Gasteiger charge is 2.22. The van der Waals surface area contributed by atoms with Crippen LogP contribution in [0.4, 0.5) is 0 Å². The molecule has 0 bridgehead atoms. The minimum absolute atomic E-state index is 0.129. The van der Waals surface area contributed by atoms with Gasteiger partial charge in [0.2, 0.25) is 5.91 Å². The summed E-state index contributed by atoms with van der Waals surface area (Å²) < 4.78 is 0. The fraction of sp³-hybridized carbons (Fsp3) is 0.409. The molecule has 4 heteroatoms. The molecule has 3 rings (SSSR count). The summed E-state index contributed by atoms with van der Waals surface area (Å²) >= 11 is 5.97. The standard InChI is InChI=1S/C22H27ClN2O/c23-21-8-4-7-18(15-21)9-10-22(26)24-13-11-20-12-14-25(17-20)16-19-5-2-1-3-6-19/h1-8,15,20H,9-14,16-17H2,(H,24,26)/t20-/m0/s1. The monoisotopic (exact) mass is 370 g/mol. The van der Waals surface area contributed by atoms with Gasteiger partial charge in [-0.15, -0.1) is 0 Å². The predicted octanol–water partition coefficient (Wildman–Crippen LogP) is 4.30. The van der Waals surface area contributed by atoms with Crippen molar-refractivity contribution in [3.63, 3.8) is 0 Å². The van der Waals surface area contributed by atoms with E-state index in [4.69, 9.17) is 11.6 Å². The molecule has 1 saturated heterocycles. The van der Waals surface area contributed by atoms with Crippen LogP contribution in [0.1, 0.15) is 30.4 Å². The average Bonchev–Trinajstić information content (AvgIpc) is 3.08. The summed E-state index contributed by atoms with van der Waals surface area (Å²) in [5.74, 6) is 0.816. The summed E-state index contributed by atoms with van der Waals surface area (Å²) in [5.41, 5.74) is 2.49. The first-order chi connectivity index (χ1) is 12.7. The lowest BCUT2D eigenvalue weighted by Crippen LogP contribution is -2.27. The molecule has 2 aromatic carbocycles. The number of hydrogen-bond acceptors (Lipinski definition) is 2. The van der Waals surface area contributed by atoms with Crippen molar-refractivity contribution in [3.05, 3.63) is 70.7 Å². The van der Waals surface area contributed by atoms with Crippen LogP contribution in [0, 0.1) is 5.92 Å². The highest BCUT2D eigenvalue weighted by atomic mass is 35.5. The molecule has 1 aliphatic heterocycles. The molecule has 0 aliphatic carbocycles. The van der Waals surface area contributed by atoms with Gasteiger partial charge in [-0.25, -0.2) is 0 Å². The van der Waals surface area contributed by atoms with Crippen molar-refractivity contribution in [3.8, 4) is 0 Å². The van der Waals surface area contributed by atoms with E-state index in [-0.39, 0.29) is 5.91 Å². The summed E-state index contributed by atoms with van der Waals surface area (Å²) in [5, 5.41) is 3.79. The molecule has 0 saturated carbocycles. The Morgan fingerprint density at radius 3 is 2.73 bits per heavy atom. The Labute approximate surface area is 161 Å². The number of aryl methyl sites for hydroxylation is 1. The zero-order valence-electron chi connectivity index (χ0n) is 15.2. The fourth-order valence-corrected chi connectivity index (χ4v) is 3.80. The summed E-state index contributed by atoms with van der Waals surface area (Å²) in [6.45, 7) is 4.09. The molecule has 0 spiro atoms. The highest BCUT2D eigenvalue weighted by Crippen LogP contribution is 2.21. The Hall–Kier alpha value is -1.84. The van der Waals surface area contributed by atoms with Gasteiger partial charge in [0, 0.05) is 31.1 Å². The van der Waals surface area contributed by atoms with E-state index in [1.54, 1.807) is 0 Å². The number of halogens is 1. The van der Waals surface area contributed by atoms with E-state index in [0.29, 0.717) is 12.3 Å². The number of likely N-dealkylation sites (tertiary alicyclic amines) is 1. The number of carbonyl (C=O) groups is 1. The van der Waals surface area contributed by atoms with Crippen LogP contribution in [0.2, 0.25) is 5.02 Å². The van der Waals surface area contributed by atoms with E-state index < -0.39 is 0 Å². The predicted molar refractivity (Wildman–Crippen MR) is 107 cm³/mol. The van der Waals surface area contributed by atoms with Crippen LogP contribution in [-0.4, -0.2) is 30.4 Å². The second-order valence-corrected chi connectivity index (χ2v) is 7.58. The lowest BCUT2D eigenvalue weighted by Gasteiger charge is -2.16. The van der Waals surface area contributed by atoms with Crippen molar-refractivity contribution in [1.82, 2.24) is 10.2 Å². The molecule has 0 aromatic heterocycles. The van der Waals surface area contributed by atoms with E-state index in [9.17, 15) is 4.79 Å². The number of nitrogens with one attached hydrogen (secondary N) is 1. The summed E-state index contributed by atoms with van der Waals surface area (Å²) in [6.07, 6.45) is 3.55. The van der Waals surface area contributed by atoms with Crippen molar-refractivity contribution >= 4 is 17.5 Å². The van der Waals surface area contributed by atoms with E-state index in [1.165, 1.54) is 12.0 Å². The Bertz CT molecular complexity index is 704. The molecular weight excluding hydrogens is 344 g/mol. The van der Waals surface area contributed by atoms with Crippen LogP contribution < -0.4 is 5.32 Å².